The van der Waals surface area contributed by atoms with E-state index in [1.807, 2.05) is 25.1 Å². The van der Waals surface area contributed by atoms with Gasteiger partial charge in [-0.05, 0) is 18.6 Å². The number of carbonyl (C=O) groups is 1. The van der Waals surface area contributed by atoms with Crippen LogP contribution in [-0.4, -0.2) is 16.1 Å². The van der Waals surface area contributed by atoms with Crippen LogP contribution >= 0.6 is 0 Å². The lowest BCUT2D eigenvalue weighted by atomic mass is 9.98. The van der Waals surface area contributed by atoms with E-state index >= 15 is 0 Å². The third-order valence-electron chi connectivity index (χ3n) is 2.02. The number of pyridine rings is 1. The maximum absolute atomic E-state index is 10.5. The normalized spacial score (nSPS) is 12.4. The number of aliphatic carboxylic acids is 1. The lowest BCUT2D eigenvalue weighted by Gasteiger charge is -2.10. The van der Waals surface area contributed by atoms with Gasteiger partial charge in [-0.25, -0.2) is 0 Å². The summed E-state index contributed by atoms with van der Waals surface area (Å²) in [5.74, 6) is -0.726. The van der Waals surface area contributed by atoms with Crippen LogP contribution in [0.4, 0.5) is 0 Å². The first kappa shape index (κ1) is 9.71. The second kappa shape index (κ2) is 4.60. The largest absolute Gasteiger partial charge is 0.481 e. The molecular formula is C10H13NO2. The average molecular weight is 179 g/mol. The summed E-state index contributed by atoms with van der Waals surface area (Å²) in [6, 6.07) is 5.58. The highest BCUT2D eigenvalue weighted by Crippen LogP contribution is 2.20. The van der Waals surface area contributed by atoms with Crippen molar-refractivity contribution in [2.75, 3.05) is 0 Å². The molecule has 0 aliphatic carbocycles. The highest BCUT2D eigenvalue weighted by molar-refractivity contribution is 5.67. The van der Waals surface area contributed by atoms with Crippen molar-refractivity contribution in [2.45, 2.75) is 25.7 Å². The number of nitrogens with zero attached hydrogens (tertiary/aromatic N) is 1. The second-order valence-corrected chi connectivity index (χ2v) is 2.96. The van der Waals surface area contributed by atoms with E-state index in [1.165, 1.54) is 0 Å². The summed E-state index contributed by atoms with van der Waals surface area (Å²) in [5, 5.41) is 8.65. The molecule has 0 spiro atoms. The second-order valence-electron chi connectivity index (χ2n) is 2.96. The van der Waals surface area contributed by atoms with E-state index in [0.29, 0.717) is 0 Å². The topological polar surface area (TPSA) is 50.2 Å². The lowest BCUT2D eigenvalue weighted by molar-refractivity contribution is -0.137. The molecule has 0 aromatic carbocycles. The summed E-state index contributed by atoms with van der Waals surface area (Å²) in [6.45, 7) is 1.97. The van der Waals surface area contributed by atoms with Crippen LogP contribution in [0.25, 0.3) is 0 Å². The zero-order chi connectivity index (χ0) is 9.68. The zero-order valence-corrected chi connectivity index (χ0v) is 7.60. The molecule has 0 fully saturated rings. The van der Waals surface area contributed by atoms with Crippen molar-refractivity contribution in [3.8, 4) is 0 Å². The Morgan fingerprint density at radius 3 is 2.85 bits per heavy atom. The van der Waals surface area contributed by atoms with E-state index in [4.69, 9.17) is 5.11 Å². The Labute approximate surface area is 77.4 Å². The van der Waals surface area contributed by atoms with Crippen LogP contribution in [-0.2, 0) is 4.79 Å². The molecule has 0 aliphatic heterocycles. The molecule has 1 unspecified atom stereocenters. The van der Waals surface area contributed by atoms with Crippen molar-refractivity contribution in [1.29, 1.82) is 0 Å². The highest BCUT2D eigenvalue weighted by Gasteiger charge is 2.13. The average Bonchev–Trinajstić information content (AvgIpc) is 2.15. The van der Waals surface area contributed by atoms with Crippen molar-refractivity contribution in [3.05, 3.63) is 30.1 Å². The molecule has 0 saturated heterocycles. The van der Waals surface area contributed by atoms with Gasteiger partial charge >= 0.3 is 5.97 Å². The molecule has 0 aliphatic rings. The number of rotatable bonds is 4. The molecule has 70 valence electrons. The van der Waals surface area contributed by atoms with Crippen LogP contribution in [0.5, 0.6) is 0 Å². The van der Waals surface area contributed by atoms with Gasteiger partial charge in [0.15, 0.2) is 0 Å². The van der Waals surface area contributed by atoms with Gasteiger partial charge in [0.05, 0.1) is 6.42 Å². The molecule has 1 aromatic rings. The van der Waals surface area contributed by atoms with E-state index in [-0.39, 0.29) is 12.3 Å². The van der Waals surface area contributed by atoms with Gasteiger partial charge in [-0.2, -0.15) is 0 Å². The minimum Gasteiger partial charge on any atom is -0.481 e. The number of carboxylic acids is 1. The maximum atomic E-state index is 10.5. The summed E-state index contributed by atoms with van der Waals surface area (Å²) < 4.78 is 0. The lowest BCUT2D eigenvalue weighted by Crippen LogP contribution is -2.06. The van der Waals surface area contributed by atoms with Gasteiger partial charge in [-0.1, -0.05) is 13.0 Å². The van der Waals surface area contributed by atoms with Gasteiger partial charge in [0.25, 0.3) is 0 Å². The van der Waals surface area contributed by atoms with Crippen LogP contribution < -0.4 is 0 Å². The van der Waals surface area contributed by atoms with Crippen molar-refractivity contribution < 1.29 is 9.90 Å². The molecule has 0 radical (unpaired) electrons. The minimum absolute atomic E-state index is 0.0405. The molecule has 3 heteroatoms. The Morgan fingerprint density at radius 1 is 1.62 bits per heavy atom. The molecule has 1 atom stereocenters. The van der Waals surface area contributed by atoms with Gasteiger partial charge in [-0.3, -0.25) is 9.78 Å². The molecule has 1 rings (SSSR count). The standard InChI is InChI=1S/C10H13NO2/c1-2-8(7-10(12)13)9-5-3-4-6-11-9/h3-6,8H,2,7H2,1H3,(H,12,13). The van der Waals surface area contributed by atoms with E-state index in [0.717, 1.165) is 12.1 Å². The van der Waals surface area contributed by atoms with Gasteiger partial charge < -0.3 is 5.11 Å². The minimum atomic E-state index is -0.766. The van der Waals surface area contributed by atoms with Crippen LogP contribution in [0.2, 0.25) is 0 Å². The van der Waals surface area contributed by atoms with Crippen molar-refractivity contribution in [3.63, 3.8) is 0 Å². The van der Waals surface area contributed by atoms with Gasteiger partial charge in [0, 0.05) is 17.8 Å². The smallest absolute Gasteiger partial charge is 0.304 e. The van der Waals surface area contributed by atoms with Crippen molar-refractivity contribution in [1.82, 2.24) is 4.98 Å². The number of aromatic nitrogens is 1. The summed E-state index contributed by atoms with van der Waals surface area (Å²) >= 11 is 0. The number of hydrogen-bond acceptors (Lipinski definition) is 2. The predicted molar refractivity (Wildman–Crippen MR) is 49.5 cm³/mol. The third kappa shape index (κ3) is 2.86. The molecule has 0 bridgehead atoms. The molecule has 1 N–H and O–H groups in total. The zero-order valence-electron chi connectivity index (χ0n) is 7.60. The molecule has 1 heterocycles. The first-order valence-corrected chi connectivity index (χ1v) is 4.36. The summed E-state index contributed by atoms with van der Waals surface area (Å²) in [6.07, 6.45) is 2.66. The highest BCUT2D eigenvalue weighted by atomic mass is 16.4. The van der Waals surface area contributed by atoms with E-state index in [1.54, 1.807) is 6.20 Å². The maximum Gasteiger partial charge on any atom is 0.304 e. The molecular weight excluding hydrogens is 166 g/mol. The predicted octanol–water partition coefficient (Wildman–Crippen LogP) is 2.05. The van der Waals surface area contributed by atoms with Crippen molar-refractivity contribution in [2.24, 2.45) is 0 Å². The monoisotopic (exact) mass is 179 g/mol. The van der Waals surface area contributed by atoms with E-state index < -0.39 is 5.97 Å². The van der Waals surface area contributed by atoms with Crippen molar-refractivity contribution >= 4 is 5.97 Å². The molecule has 3 nitrogen and oxygen atoms in total. The fraction of sp³-hybridized carbons (Fsp3) is 0.400. The Hall–Kier alpha value is -1.38. The van der Waals surface area contributed by atoms with E-state index in [9.17, 15) is 4.79 Å². The van der Waals surface area contributed by atoms with Gasteiger partial charge in [-0.15, -0.1) is 0 Å². The Bertz CT molecular complexity index is 272. The van der Waals surface area contributed by atoms with Crippen LogP contribution in [0, 0.1) is 0 Å². The summed E-state index contributed by atoms with van der Waals surface area (Å²) in [5.41, 5.74) is 0.868. The first-order chi connectivity index (χ1) is 6.24. The Balaban J connectivity index is 2.73. The Kier molecular flexibility index (Phi) is 3.43. The number of hydrogen-bond donors (Lipinski definition) is 1. The molecule has 0 saturated carbocycles. The van der Waals surface area contributed by atoms with Crippen LogP contribution in [0.15, 0.2) is 24.4 Å². The third-order valence-corrected chi connectivity index (χ3v) is 2.02. The molecule has 0 amide bonds. The fourth-order valence-corrected chi connectivity index (χ4v) is 1.29. The SMILES string of the molecule is CCC(CC(=O)O)c1ccccn1. The van der Waals surface area contributed by atoms with Gasteiger partial charge in [0.2, 0.25) is 0 Å². The van der Waals surface area contributed by atoms with E-state index in [2.05, 4.69) is 4.98 Å². The fourth-order valence-electron chi connectivity index (χ4n) is 1.29. The first-order valence-electron chi connectivity index (χ1n) is 4.36. The number of carboxylic acid groups (broad SMARTS) is 1. The molecule has 13 heavy (non-hydrogen) atoms. The summed E-state index contributed by atoms with van der Waals surface area (Å²) in [4.78, 5) is 14.7. The molecule has 1 aromatic heterocycles. The Morgan fingerprint density at radius 2 is 2.38 bits per heavy atom. The van der Waals surface area contributed by atoms with Crippen LogP contribution in [0.1, 0.15) is 31.4 Å². The van der Waals surface area contributed by atoms with Crippen LogP contribution in [0.3, 0.4) is 0 Å². The summed E-state index contributed by atoms with van der Waals surface area (Å²) in [7, 11) is 0. The quantitative estimate of drug-likeness (QED) is 0.769. The van der Waals surface area contributed by atoms with Gasteiger partial charge in [0.1, 0.15) is 0 Å².